The van der Waals surface area contributed by atoms with E-state index in [-0.39, 0.29) is 11.7 Å². The molecule has 0 aliphatic rings. The van der Waals surface area contributed by atoms with Gasteiger partial charge in [0.25, 0.3) is 0 Å². The van der Waals surface area contributed by atoms with Gasteiger partial charge in [0.05, 0.1) is 16.1 Å². The fourth-order valence-corrected chi connectivity index (χ4v) is 3.09. The summed E-state index contributed by atoms with van der Waals surface area (Å²) < 4.78 is 0. The van der Waals surface area contributed by atoms with E-state index < -0.39 is 0 Å². The number of hydrogen-bond donors (Lipinski definition) is 1. The van der Waals surface area contributed by atoms with Crippen molar-refractivity contribution < 1.29 is 9.59 Å². The van der Waals surface area contributed by atoms with Crippen LogP contribution in [0.2, 0.25) is 0 Å². The van der Waals surface area contributed by atoms with E-state index in [0.29, 0.717) is 19.3 Å². The quantitative estimate of drug-likeness (QED) is 0.688. The molecule has 0 saturated heterocycles. The number of fused-ring (bicyclic) bond motifs is 1. The molecular formula is C18H16N2O2S. The molecule has 0 fully saturated rings. The second kappa shape index (κ2) is 7.15. The zero-order valence-electron chi connectivity index (χ0n) is 12.5. The summed E-state index contributed by atoms with van der Waals surface area (Å²) in [5.41, 5.74) is 1.60. The highest BCUT2D eigenvalue weighted by Crippen LogP contribution is 2.21. The zero-order chi connectivity index (χ0) is 16.1. The van der Waals surface area contributed by atoms with Crippen LogP contribution in [-0.2, 0) is 4.79 Å². The van der Waals surface area contributed by atoms with Crippen molar-refractivity contribution in [2.75, 3.05) is 5.32 Å². The number of nitrogens with one attached hydrogen (secondary N) is 1. The Morgan fingerprint density at radius 2 is 1.96 bits per heavy atom. The number of hydrogen-bond acceptors (Lipinski definition) is 4. The van der Waals surface area contributed by atoms with Crippen LogP contribution in [-0.4, -0.2) is 16.7 Å². The highest BCUT2D eigenvalue weighted by molar-refractivity contribution is 7.12. The van der Waals surface area contributed by atoms with Crippen molar-refractivity contribution >= 4 is 39.6 Å². The lowest BCUT2D eigenvalue weighted by atomic mass is 10.1. The van der Waals surface area contributed by atoms with E-state index in [1.54, 1.807) is 6.20 Å². The second-order valence-electron chi connectivity index (χ2n) is 5.18. The Labute approximate surface area is 138 Å². The number of carbonyl (C=O) groups is 2. The molecular weight excluding hydrogens is 308 g/mol. The van der Waals surface area contributed by atoms with Gasteiger partial charge in [-0.15, -0.1) is 11.3 Å². The fraction of sp³-hybridized carbons (Fsp3) is 0.167. The average Bonchev–Trinajstić information content (AvgIpc) is 3.10. The molecule has 3 rings (SSSR count). The Morgan fingerprint density at radius 3 is 2.78 bits per heavy atom. The van der Waals surface area contributed by atoms with Gasteiger partial charge in [0.1, 0.15) is 0 Å². The van der Waals surface area contributed by atoms with Crippen LogP contribution in [0.15, 0.2) is 54.0 Å². The Balaban J connectivity index is 1.56. The average molecular weight is 324 g/mol. The molecule has 23 heavy (non-hydrogen) atoms. The highest BCUT2D eigenvalue weighted by atomic mass is 32.1. The summed E-state index contributed by atoms with van der Waals surface area (Å²) >= 11 is 1.44. The lowest BCUT2D eigenvalue weighted by Gasteiger charge is -2.08. The third-order valence-electron chi connectivity index (χ3n) is 3.52. The molecule has 0 aliphatic heterocycles. The van der Waals surface area contributed by atoms with Gasteiger partial charge in [-0.05, 0) is 42.1 Å². The van der Waals surface area contributed by atoms with E-state index in [4.69, 9.17) is 0 Å². The number of aromatic nitrogens is 1. The largest absolute Gasteiger partial charge is 0.325 e. The molecule has 3 aromatic rings. The first-order valence-electron chi connectivity index (χ1n) is 7.44. The molecule has 0 radical (unpaired) electrons. The molecule has 0 bridgehead atoms. The number of carbonyl (C=O) groups excluding carboxylic acids is 2. The van der Waals surface area contributed by atoms with Crippen LogP contribution in [0.4, 0.5) is 5.69 Å². The van der Waals surface area contributed by atoms with Crippen molar-refractivity contribution in [3.63, 3.8) is 0 Å². The van der Waals surface area contributed by atoms with E-state index in [9.17, 15) is 9.59 Å². The first-order valence-corrected chi connectivity index (χ1v) is 8.32. The summed E-state index contributed by atoms with van der Waals surface area (Å²) in [6.45, 7) is 0. The van der Waals surface area contributed by atoms with Crippen molar-refractivity contribution in [1.29, 1.82) is 0 Å². The predicted octanol–water partition coefficient (Wildman–Crippen LogP) is 4.29. The lowest BCUT2D eigenvalue weighted by molar-refractivity contribution is -0.116. The number of Topliss-reactive ketones (excluding diaryl/α,β-unsaturated/α-hetero) is 1. The Hall–Kier alpha value is -2.53. The molecule has 0 atom stereocenters. The van der Waals surface area contributed by atoms with Gasteiger partial charge in [-0.2, -0.15) is 0 Å². The van der Waals surface area contributed by atoms with E-state index in [0.717, 1.165) is 21.5 Å². The van der Waals surface area contributed by atoms with E-state index >= 15 is 0 Å². The van der Waals surface area contributed by atoms with Crippen LogP contribution in [0, 0.1) is 0 Å². The van der Waals surface area contributed by atoms with Crippen LogP contribution >= 0.6 is 11.3 Å². The molecule has 1 amide bonds. The number of nitrogens with zero attached hydrogens (tertiary/aromatic N) is 1. The van der Waals surface area contributed by atoms with Gasteiger partial charge in [0.15, 0.2) is 5.78 Å². The SMILES string of the molecule is O=C(CCCC(=O)c1cccs1)Nc1cccc2ncccc12. The summed E-state index contributed by atoms with van der Waals surface area (Å²) in [7, 11) is 0. The number of thiophene rings is 1. The van der Waals surface area contributed by atoms with Gasteiger partial charge < -0.3 is 5.32 Å². The van der Waals surface area contributed by atoms with Gasteiger partial charge in [0.2, 0.25) is 5.91 Å². The van der Waals surface area contributed by atoms with E-state index in [1.807, 2.05) is 47.8 Å². The Kier molecular flexibility index (Phi) is 4.78. The van der Waals surface area contributed by atoms with Crippen LogP contribution in [0.5, 0.6) is 0 Å². The molecule has 0 spiro atoms. The minimum Gasteiger partial charge on any atom is -0.325 e. The molecule has 0 aliphatic carbocycles. The summed E-state index contributed by atoms with van der Waals surface area (Å²) in [4.78, 5) is 29.0. The Morgan fingerprint density at radius 1 is 1.04 bits per heavy atom. The van der Waals surface area contributed by atoms with Crippen LogP contribution < -0.4 is 5.32 Å². The van der Waals surface area contributed by atoms with Crippen LogP contribution in [0.25, 0.3) is 10.9 Å². The van der Waals surface area contributed by atoms with Crippen molar-refractivity contribution in [1.82, 2.24) is 4.98 Å². The predicted molar refractivity (Wildman–Crippen MR) is 92.9 cm³/mol. The minimum atomic E-state index is -0.0830. The molecule has 0 saturated carbocycles. The third-order valence-corrected chi connectivity index (χ3v) is 4.43. The van der Waals surface area contributed by atoms with Crippen molar-refractivity contribution in [3.8, 4) is 0 Å². The molecule has 2 heterocycles. The lowest BCUT2D eigenvalue weighted by Crippen LogP contribution is -2.12. The van der Waals surface area contributed by atoms with Gasteiger partial charge in [-0.25, -0.2) is 0 Å². The molecule has 5 heteroatoms. The van der Waals surface area contributed by atoms with Gasteiger partial charge in [-0.1, -0.05) is 12.1 Å². The molecule has 116 valence electrons. The molecule has 1 aromatic carbocycles. The number of rotatable bonds is 6. The summed E-state index contributed by atoms with van der Waals surface area (Å²) in [5.74, 6) is 0.0162. The number of pyridine rings is 1. The van der Waals surface area contributed by atoms with Gasteiger partial charge in [-0.3, -0.25) is 14.6 Å². The summed E-state index contributed by atoms with van der Waals surface area (Å²) in [5, 5.41) is 5.70. The van der Waals surface area contributed by atoms with Crippen molar-refractivity contribution in [2.24, 2.45) is 0 Å². The molecule has 2 aromatic heterocycles. The van der Waals surface area contributed by atoms with Crippen molar-refractivity contribution in [3.05, 3.63) is 58.9 Å². The Bertz CT molecular complexity index is 823. The van der Waals surface area contributed by atoms with E-state index in [2.05, 4.69) is 10.3 Å². The maximum absolute atomic E-state index is 12.1. The topological polar surface area (TPSA) is 59.1 Å². The number of benzene rings is 1. The molecule has 4 nitrogen and oxygen atoms in total. The number of amides is 1. The first kappa shape index (κ1) is 15.4. The summed E-state index contributed by atoms with van der Waals surface area (Å²) in [6.07, 6.45) is 2.99. The van der Waals surface area contributed by atoms with Gasteiger partial charge >= 0.3 is 0 Å². The molecule has 1 N–H and O–H groups in total. The molecule has 0 unspecified atom stereocenters. The smallest absolute Gasteiger partial charge is 0.224 e. The zero-order valence-corrected chi connectivity index (χ0v) is 13.3. The van der Waals surface area contributed by atoms with Gasteiger partial charge in [0, 0.05) is 24.4 Å². The monoisotopic (exact) mass is 324 g/mol. The highest BCUT2D eigenvalue weighted by Gasteiger charge is 2.09. The normalized spacial score (nSPS) is 10.6. The standard InChI is InChI=1S/C18H16N2O2S/c21-16(17-9-4-12-23-17)8-2-10-18(22)20-15-7-1-6-14-13(15)5-3-11-19-14/h1,3-7,9,11-12H,2,8,10H2,(H,20,22). The van der Waals surface area contributed by atoms with Crippen LogP contribution in [0.1, 0.15) is 28.9 Å². The third kappa shape index (κ3) is 3.81. The fourth-order valence-electron chi connectivity index (χ4n) is 2.39. The first-order chi connectivity index (χ1) is 11.2. The maximum atomic E-state index is 12.1. The summed E-state index contributed by atoms with van der Waals surface area (Å²) in [6, 6.07) is 13.1. The number of ketones is 1. The maximum Gasteiger partial charge on any atom is 0.224 e. The number of anilines is 1. The minimum absolute atomic E-state index is 0.0830. The second-order valence-corrected chi connectivity index (χ2v) is 6.13. The van der Waals surface area contributed by atoms with E-state index in [1.165, 1.54) is 11.3 Å². The van der Waals surface area contributed by atoms with Crippen LogP contribution in [0.3, 0.4) is 0 Å². The van der Waals surface area contributed by atoms with Crippen molar-refractivity contribution in [2.45, 2.75) is 19.3 Å².